The van der Waals surface area contributed by atoms with Gasteiger partial charge in [0.25, 0.3) is 5.91 Å². The van der Waals surface area contributed by atoms with Crippen molar-refractivity contribution in [3.63, 3.8) is 0 Å². The summed E-state index contributed by atoms with van der Waals surface area (Å²) in [6.45, 7) is 2.24. The van der Waals surface area contributed by atoms with Gasteiger partial charge in [0.2, 0.25) is 0 Å². The van der Waals surface area contributed by atoms with E-state index in [-0.39, 0.29) is 18.2 Å². The van der Waals surface area contributed by atoms with E-state index in [0.717, 1.165) is 48.3 Å². The number of rotatable bonds is 8. The Labute approximate surface area is 185 Å². The number of aromatic nitrogens is 2. The van der Waals surface area contributed by atoms with Gasteiger partial charge in [-0.05, 0) is 60.8 Å². The fourth-order valence-corrected chi connectivity index (χ4v) is 4.14. The van der Waals surface area contributed by atoms with Crippen LogP contribution in [0.25, 0.3) is 16.4 Å². The molecule has 9 heteroatoms. The molecule has 32 heavy (non-hydrogen) atoms. The summed E-state index contributed by atoms with van der Waals surface area (Å²) in [7, 11) is 1.74. The molecule has 0 saturated carbocycles. The van der Waals surface area contributed by atoms with Crippen molar-refractivity contribution in [2.75, 3.05) is 30.8 Å². The lowest BCUT2D eigenvalue weighted by molar-refractivity contribution is -0.138. The first-order valence-electron chi connectivity index (χ1n) is 10.5. The Morgan fingerprint density at radius 3 is 2.91 bits per heavy atom. The Morgan fingerprint density at radius 2 is 2.16 bits per heavy atom. The van der Waals surface area contributed by atoms with Crippen LogP contribution in [0.4, 0.5) is 11.4 Å². The van der Waals surface area contributed by atoms with E-state index in [1.165, 1.54) is 0 Å². The number of aromatic amines is 1. The highest BCUT2D eigenvalue weighted by atomic mass is 16.4. The van der Waals surface area contributed by atoms with E-state index in [2.05, 4.69) is 25.5 Å². The predicted molar refractivity (Wildman–Crippen MR) is 124 cm³/mol. The van der Waals surface area contributed by atoms with Crippen LogP contribution >= 0.6 is 0 Å². The number of likely N-dealkylation sites (tertiary alicyclic amines) is 1. The Kier molecular flexibility index (Phi) is 6.18. The molecule has 0 radical (unpaired) electrons. The third-order valence-corrected chi connectivity index (χ3v) is 5.72. The second-order valence-electron chi connectivity index (χ2n) is 8.04. The molecule has 4 N–H and O–H groups in total. The van der Waals surface area contributed by atoms with Crippen LogP contribution in [0.15, 0.2) is 36.4 Å². The zero-order valence-electron chi connectivity index (χ0n) is 17.8. The number of carbonyl (C=O) groups is 2. The highest BCUT2D eigenvalue weighted by Crippen LogP contribution is 2.23. The maximum Gasteiger partial charge on any atom is 0.303 e. The van der Waals surface area contributed by atoms with Gasteiger partial charge in [-0.1, -0.05) is 0 Å². The molecule has 1 aromatic heterocycles. The first-order chi connectivity index (χ1) is 15.4. The molecule has 1 saturated heterocycles. The van der Waals surface area contributed by atoms with Crippen molar-refractivity contribution >= 4 is 40.5 Å². The molecule has 1 amide bonds. The molecule has 9 nitrogen and oxygen atoms in total. The van der Waals surface area contributed by atoms with Crippen molar-refractivity contribution in [1.82, 2.24) is 14.9 Å². The van der Waals surface area contributed by atoms with Gasteiger partial charge in [0.15, 0.2) is 0 Å². The maximum absolute atomic E-state index is 12.7. The molecule has 0 aliphatic carbocycles. The second kappa shape index (κ2) is 9.19. The number of benzene rings is 2. The highest BCUT2D eigenvalue weighted by molar-refractivity contribution is 6.06. The van der Waals surface area contributed by atoms with Crippen molar-refractivity contribution in [3.8, 4) is 0 Å². The predicted octanol–water partition coefficient (Wildman–Crippen LogP) is 3.14. The molecule has 0 bridgehead atoms. The van der Waals surface area contributed by atoms with E-state index in [9.17, 15) is 15.0 Å². The molecule has 1 atom stereocenters. The quantitative estimate of drug-likeness (QED) is 0.404. The summed E-state index contributed by atoms with van der Waals surface area (Å²) >= 11 is 0. The van der Waals surface area contributed by atoms with Gasteiger partial charge < -0.3 is 26.1 Å². The van der Waals surface area contributed by atoms with Crippen molar-refractivity contribution in [3.05, 3.63) is 58.8 Å². The lowest BCUT2D eigenvalue weighted by Crippen LogP contribution is -2.21. The zero-order chi connectivity index (χ0) is 22.7. The van der Waals surface area contributed by atoms with Crippen molar-refractivity contribution in [2.24, 2.45) is 5.92 Å². The summed E-state index contributed by atoms with van der Waals surface area (Å²) in [6, 6.07) is 10.5. The molecule has 1 unspecified atom stereocenters. The third-order valence-electron chi connectivity index (χ3n) is 5.72. The van der Waals surface area contributed by atoms with Crippen LogP contribution in [0.5, 0.6) is 0 Å². The largest absolute Gasteiger partial charge is 0.810 e. The molecular formula is C23H25N6O3-. The number of aliphatic carboxylic acids is 1. The molecular weight excluding hydrogens is 408 g/mol. The topological polar surface area (TPSA) is 133 Å². The molecule has 1 aliphatic heterocycles. The smallest absolute Gasteiger partial charge is 0.303 e. The van der Waals surface area contributed by atoms with Crippen LogP contribution in [-0.4, -0.2) is 58.2 Å². The van der Waals surface area contributed by atoms with Gasteiger partial charge in [-0.25, -0.2) is 4.98 Å². The highest BCUT2D eigenvalue weighted by Gasteiger charge is 2.25. The van der Waals surface area contributed by atoms with Gasteiger partial charge in [-0.3, -0.25) is 14.5 Å². The normalized spacial score (nSPS) is 16.2. The van der Waals surface area contributed by atoms with Crippen LogP contribution in [0.3, 0.4) is 0 Å². The number of hydrogen-bond donors (Lipinski definition) is 4. The maximum atomic E-state index is 12.7. The van der Waals surface area contributed by atoms with Gasteiger partial charge in [0.1, 0.15) is 5.82 Å². The summed E-state index contributed by atoms with van der Waals surface area (Å²) < 4.78 is 0. The number of hydrogen-bond acceptors (Lipinski definition) is 5. The molecule has 3 aromatic rings. The fourth-order valence-electron chi connectivity index (χ4n) is 4.14. The van der Waals surface area contributed by atoms with Gasteiger partial charge in [-0.15, -0.1) is 0 Å². The lowest BCUT2D eigenvalue weighted by Gasteiger charge is -2.13. The van der Waals surface area contributed by atoms with Crippen molar-refractivity contribution < 1.29 is 14.7 Å². The van der Waals surface area contributed by atoms with Crippen LogP contribution in [0, 0.1) is 5.92 Å². The number of fused-ring (bicyclic) bond motifs is 1. The Bertz CT molecular complexity index is 1170. The van der Waals surface area contributed by atoms with E-state index in [0.29, 0.717) is 23.4 Å². The van der Waals surface area contributed by atoms with E-state index in [1.807, 2.05) is 12.1 Å². The summed E-state index contributed by atoms with van der Waals surface area (Å²) in [5.74, 6) is -0.0368. The van der Waals surface area contributed by atoms with Crippen LogP contribution in [0.2, 0.25) is 0 Å². The Balaban J connectivity index is 1.43. The number of nitrogens with one attached hydrogen (secondary N) is 3. The molecule has 1 fully saturated rings. The summed E-state index contributed by atoms with van der Waals surface area (Å²) in [5.41, 5.74) is 3.93. The van der Waals surface area contributed by atoms with E-state index in [4.69, 9.17) is 5.11 Å². The molecule has 2 heterocycles. The number of carboxylic acids is 1. The minimum atomic E-state index is -0.751. The molecule has 1 aliphatic rings. The van der Waals surface area contributed by atoms with Gasteiger partial charge >= 0.3 is 5.97 Å². The minimum absolute atomic E-state index is 0.185. The number of imidazole rings is 1. The number of carbonyl (C=O) groups excluding carboxylic acids is 1. The molecule has 166 valence electrons. The SMILES string of the molecule is CNc1ccc(C(=O)Nc2ccc3nc(CN4CCC(CC(=O)O)C4)[nH]c3c2)cc1C=[N-]. The average molecular weight is 433 g/mol. The summed E-state index contributed by atoms with van der Waals surface area (Å²) in [5, 5.41) is 24.2. The van der Waals surface area contributed by atoms with Crippen LogP contribution in [-0.2, 0) is 11.3 Å². The van der Waals surface area contributed by atoms with Gasteiger partial charge in [0, 0.05) is 37.0 Å². The minimum Gasteiger partial charge on any atom is -0.810 e. The van der Waals surface area contributed by atoms with Crippen LogP contribution in [0.1, 0.15) is 34.6 Å². The number of amides is 1. The first kappa shape index (κ1) is 21.5. The van der Waals surface area contributed by atoms with Gasteiger partial charge in [-0.2, -0.15) is 6.21 Å². The number of carboxylic acid groups (broad SMARTS) is 1. The second-order valence-corrected chi connectivity index (χ2v) is 8.04. The Hall–Kier alpha value is -3.72. The number of nitrogens with zero attached hydrogens (tertiary/aromatic N) is 3. The first-order valence-corrected chi connectivity index (χ1v) is 10.5. The number of H-pyrrole nitrogens is 1. The fraction of sp³-hybridized carbons (Fsp3) is 0.304. The summed E-state index contributed by atoms with van der Waals surface area (Å²) in [6.07, 6.45) is 2.05. The molecule has 4 rings (SSSR count). The lowest BCUT2D eigenvalue weighted by atomic mass is 10.1. The Morgan fingerprint density at radius 1 is 1.31 bits per heavy atom. The van der Waals surface area contributed by atoms with E-state index in [1.54, 1.807) is 31.3 Å². The van der Waals surface area contributed by atoms with E-state index < -0.39 is 5.97 Å². The monoisotopic (exact) mass is 433 g/mol. The average Bonchev–Trinajstić information content (AvgIpc) is 3.38. The van der Waals surface area contributed by atoms with E-state index >= 15 is 0 Å². The van der Waals surface area contributed by atoms with Gasteiger partial charge in [0.05, 0.1) is 17.6 Å². The number of anilines is 2. The zero-order valence-corrected chi connectivity index (χ0v) is 17.8. The van der Waals surface area contributed by atoms with Crippen LogP contribution < -0.4 is 10.6 Å². The van der Waals surface area contributed by atoms with Crippen molar-refractivity contribution in [1.29, 1.82) is 0 Å². The molecule has 0 spiro atoms. The summed E-state index contributed by atoms with van der Waals surface area (Å²) in [4.78, 5) is 33.7. The van der Waals surface area contributed by atoms with Crippen molar-refractivity contribution in [2.45, 2.75) is 19.4 Å². The molecule has 2 aromatic carbocycles. The standard InChI is InChI=1S/C23H25N6O3/c1-25-18-4-2-15(9-16(18)11-24)23(32)26-17-3-5-19-20(10-17)28-21(27-19)13-29-7-6-14(12-29)8-22(30)31/h2-5,9-11,14,25H,6-8,12-13H2,1H3,(H,26,32)(H,27,28)(H,30,31)/q-1. The third kappa shape index (κ3) is 4.78.